The van der Waals surface area contributed by atoms with E-state index in [1.165, 1.54) is 11.1 Å². The Kier molecular flexibility index (Phi) is 6.37. The van der Waals surface area contributed by atoms with Gasteiger partial charge in [-0.1, -0.05) is 90.1 Å². The fourth-order valence-corrected chi connectivity index (χ4v) is 5.66. The first-order valence-electron chi connectivity index (χ1n) is 13.9. The molecule has 5 aromatic rings. The highest BCUT2D eigenvalue weighted by Crippen LogP contribution is 2.61. The molecule has 206 valence electrons. The smallest absolute Gasteiger partial charge is 0.328 e. The molecule has 0 radical (unpaired) electrons. The average Bonchev–Trinajstić information content (AvgIpc) is 3.07. The number of benzene rings is 3. The number of rotatable bonds is 6. The lowest BCUT2D eigenvalue weighted by Gasteiger charge is -2.44. The summed E-state index contributed by atoms with van der Waals surface area (Å²) >= 11 is 0. The molecule has 6 nitrogen and oxygen atoms in total. The van der Waals surface area contributed by atoms with Crippen molar-refractivity contribution in [2.24, 2.45) is 5.41 Å². The molecule has 1 aliphatic carbocycles. The molecule has 6 heteroatoms. The number of ether oxygens (including phenoxy) is 2. The maximum atomic E-state index is 5.94. The van der Waals surface area contributed by atoms with E-state index in [1.807, 2.05) is 72.8 Å². The Bertz CT molecular complexity index is 1640. The minimum atomic E-state index is 0.0248. The van der Waals surface area contributed by atoms with Crippen LogP contribution in [0.5, 0.6) is 23.5 Å². The summed E-state index contributed by atoms with van der Waals surface area (Å²) in [4.78, 5) is 18.4. The summed E-state index contributed by atoms with van der Waals surface area (Å²) in [6.07, 6.45) is 1.79. The van der Waals surface area contributed by atoms with E-state index in [4.69, 9.17) is 14.5 Å². The molecular formula is C35H34N4O2. The number of hydrogen-bond donors (Lipinski definition) is 0. The molecule has 0 unspecified atom stereocenters. The SMILES string of the molecule is CC1(C)c2ccc(-c3ccc(-c4nc(Oc5ccccc5)nc(Oc5ccccc5)n4)cn3)cc2C(C)(C)C1(C)C. The molecule has 0 saturated carbocycles. The van der Waals surface area contributed by atoms with Crippen molar-refractivity contribution in [3.05, 3.63) is 108 Å². The topological polar surface area (TPSA) is 70.0 Å². The lowest BCUT2D eigenvalue weighted by atomic mass is 9.59. The van der Waals surface area contributed by atoms with E-state index in [-0.39, 0.29) is 28.3 Å². The first kappa shape index (κ1) is 26.6. The highest BCUT2D eigenvalue weighted by atomic mass is 16.5. The van der Waals surface area contributed by atoms with Crippen LogP contribution in [-0.2, 0) is 10.8 Å². The van der Waals surface area contributed by atoms with Crippen molar-refractivity contribution >= 4 is 0 Å². The van der Waals surface area contributed by atoms with Crippen LogP contribution in [0.25, 0.3) is 22.6 Å². The van der Waals surface area contributed by atoms with Gasteiger partial charge in [0.2, 0.25) is 0 Å². The van der Waals surface area contributed by atoms with Crippen LogP contribution in [0.1, 0.15) is 52.7 Å². The summed E-state index contributed by atoms with van der Waals surface area (Å²) in [5.74, 6) is 1.65. The van der Waals surface area contributed by atoms with Crippen LogP contribution in [0.15, 0.2) is 97.2 Å². The first-order valence-corrected chi connectivity index (χ1v) is 13.9. The van der Waals surface area contributed by atoms with Gasteiger partial charge in [0.1, 0.15) is 11.5 Å². The Morgan fingerprint density at radius 1 is 0.537 bits per heavy atom. The van der Waals surface area contributed by atoms with Gasteiger partial charge in [-0.05, 0) is 69.8 Å². The Hall–Kier alpha value is -4.58. The number of pyridine rings is 1. The molecule has 2 aromatic heterocycles. The molecule has 0 atom stereocenters. The van der Waals surface area contributed by atoms with Crippen molar-refractivity contribution < 1.29 is 9.47 Å². The number of hydrogen-bond acceptors (Lipinski definition) is 6. The van der Waals surface area contributed by atoms with E-state index in [2.05, 4.69) is 74.7 Å². The van der Waals surface area contributed by atoms with E-state index in [9.17, 15) is 0 Å². The van der Waals surface area contributed by atoms with Gasteiger partial charge in [-0.3, -0.25) is 4.98 Å². The third kappa shape index (κ3) is 4.63. The van der Waals surface area contributed by atoms with Gasteiger partial charge in [0, 0.05) is 17.3 Å². The zero-order chi connectivity index (χ0) is 28.8. The van der Waals surface area contributed by atoms with Crippen molar-refractivity contribution in [3.8, 4) is 46.2 Å². The van der Waals surface area contributed by atoms with Gasteiger partial charge < -0.3 is 9.47 Å². The maximum absolute atomic E-state index is 5.94. The molecule has 6 rings (SSSR count). The Morgan fingerprint density at radius 3 is 1.61 bits per heavy atom. The quantitative estimate of drug-likeness (QED) is 0.214. The molecule has 0 spiro atoms. The van der Waals surface area contributed by atoms with E-state index < -0.39 is 0 Å². The van der Waals surface area contributed by atoms with Gasteiger partial charge >= 0.3 is 12.0 Å². The zero-order valence-electron chi connectivity index (χ0n) is 24.3. The van der Waals surface area contributed by atoms with E-state index in [0.717, 1.165) is 16.8 Å². The lowest BCUT2D eigenvalue weighted by Crippen LogP contribution is -2.42. The highest BCUT2D eigenvalue weighted by molar-refractivity contribution is 5.67. The molecule has 0 aliphatic heterocycles. The van der Waals surface area contributed by atoms with E-state index in [1.54, 1.807) is 6.20 Å². The molecule has 0 amide bonds. The summed E-state index contributed by atoms with van der Waals surface area (Å²) in [5.41, 5.74) is 5.72. The van der Waals surface area contributed by atoms with Gasteiger partial charge in [-0.15, -0.1) is 4.98 Å². The third-order valence-corrected chi connectivity index (χ3v) is 9.31. The molecule has 3 aromatic carbocycles. The van der Waals surface area contributed by atoms with Crippen molar-refractivity contribution in [1.29, 1.82) is 0 Å². The summed E-state index contributed by atoms with van der Waals surface area (Å²) in [5, 5.41) is 0. The molecule has 0 fully saturated rings. The normalized spacial score (nSPS) is 16.1. The van der Waals surface area contributed by atoms with Crippen LogP contribution in [-0.4, -0.2) is 19.9 Å². The first-order chi connectivity index (χ1) is 19.6. The van der Waals surface area contributed by atoms with Gasteiger partial charge in [0.05, 0.1) is 5.69 Å². The van der Waals surface area contributed by atoms with Crippen molar-refractivity contribution in [3.63, 3.8) is 0 Å². The molecule has 2 heterocycles. The summed E-state index contributed by atoms with van der Waals surface area (Å²) in [6.45, 7) is 14.2. The second kappa shape index (κ2) is 9.81. The van der Waals surface area contributed by atoms with Gasteiger partial charge in [0.15, 0.2) is 5.82 Å². The summed E-state index contributed by atoms with van der Waals surface area (Å²) < 4.78 is 11.9. The van der Waals surface area contributed by atoms with Crippen LogP contribution < -0.4 is 9.47 Å². The summed E-state index contributed by atoms with van der Waals surface area (Å²) in [7, 11) is 0. The predicted molar refractivity (Wildman–Crippen MR) is 161 cm³/mol. The highest BCUT2D eigenvalue weighted by Gasteiger charge is 2.56. The second-order valence-electron chi connectivity index (χ2n) is 12.1. The number of para-hydroxylation sites is 2. The Morgan fingerprint density at radius 2 is 1.07 bits per heavy atom. The Balaban J connectivity index is 1.34. The molecule has 0 saturated heterocycles. The van der Waals surface area contributed by atoms with Crippen LogP contribution in [0.4, 0.5) is 0 Å². The van der Waals surface area contributed by atoms with Crippen LogP contribution in [0.2, 0.25) is 0 Å². The monoisotopic (exact) mass is 542 g/mol. The number of aromatic nitrogens is 4. The zero-order valence-corrected chi connectivity index (χ0v) is 24.3. The van der Waals surface area contributed by atoms with Crippen LogP contribution in [0.3, 0.4) is 0 Å². The minimum Gasteiger partial charge on any atom is -0.424 e. The predicted octanol–water partition coefficient (Wildman–Crippen LogP) is 8.78. The molecular weight excluding hydrogens is 508 g/mol. The second-order valence-corrected chi connectivity index (χ2v) is 12.1. The fourth-order valence-electron chi connectivity index (χ4n) is 5.66. The van der Waals surface area contributed by atoms with Gasteiger partial charge in [-0.2, -0.15) is 9.97 Å². The summed E-state index contributed by atoms with van der Waals surface area (Å²) in [6, 6.07) is 29.8. The van der Waals surface area contributed by atoms with E-state index in [0.29, 0.717) is 17.3 Å². The molecule has 0 bridgehead atoms. The number of fused-ring (bicyclic) bond motifs is 1. The van der Waals surface area contributed by atoms with E-state index >= 15 is 0 Å². The van der Waals surface area contributed by atoms with Crippen molar-refractivity contribution in [2.75, 3.05) is 0 Å². The standard InChI is InChI=1S/C35H34N4O2/c1-33(2)27-19-17-23(21-28(27)34(3,4)35(33,5)6)29-20-18-24(22-36-29)30-37-31(40-25-13-9-7-10-14-25)39-32(38-30)41-26-15-11-8-12-16-26/h7-22H,1-6H3. The molecule has 41 heavy (non-hydrogen) atoms. The van der Waals surface area contributed by atoms with Crippen LogP contribution >= 0.6 is 0 Å². The largest absolute Gasteiger partial charge is 0.424 e. The van der Waals surface area contributed by atoms with Gasteiger partial charge in [-0.25, -0.2) is 0 Å². The number of nitrogens with zero attached hydrogens (tertiary/aromatic N) is 4. The van der Waals surface area contributed by atoms with Crippen molar-refractivity contribution in [2.45, 2.75) is 52.4 Å². The van der Waals surface area contributed by atoms with Crippen LogP contribution in [0, 0.1) is 5.41 Å². The molecule has 0 N–H and O–H groups in total. The van der Waals surface area contributed by atoms with Crippen molar-refractivity contribution in [1.82, 2.24) is 19.9 Å². The lowest BCUT2D eigenvalue weighted by molar-refractivity contribution is 0.125. The minimum absolute atomic E-state index is 0.0248. The fraction of sp³-hybridized carbons (Fsp3) is 0.257. The Labute approximate surface area is 241 Å². The maximum Gasteiger partial charge on any atom is 0.328 e. The third-order valence-electron chi connectivity index (χ3n) is 9.31. The molecule has 1 aliphatic rings. The average molecular weight is 543 g/mol. The van der Waals surface area contributed by atoms with Gasteiger partial charge in [0.25, 0.3) is 0 Å².